The van der Waals surface area contributed by atoms with E-state index in [1.807, 2.05) is 0 Å². The lowest BCUT2D eigenvalue weighted by atomic mass is 10.3. The first kappa shape index (κ1) is 14.6. The van der Waals surface area contributed by atoms with E-state index < -0.39 is 5.82 Å². The minimum absolute atomic E-state index is 0.286. The van der Waals surface area contributed by atoms with Crippen LogP contribution < -0.4 is 0 Å². The molecule has 7 heteroatoms. The standard InChI is InChI=1S/C14H9Cl3FN3/c1-7(15)13-20-12-4-9(17)6-19-14(12)21(13)11-3-8(16)2-10(18)5-11/h2-7H,1H3. The van der Waals surface area contributed by atoms with Crippen molar-refractivity contribution in [3.8, 4) is 5.69 Å². The van der Waals surface area contributed by atoms with Crippen molar-refractivity contribution in [2.75, 3.05) is 0 Å². The number of imidazole rings is 1. The van der Waals surface area contributed by atoms with Gasteiger partial charge in [-0.15, -0.1) is 11.6 Å². The van der Waals surface area contributed by atoms with Gasteiger partial charge < -0.3 is 0 Å². The highest BCUT2D eigenvalue weighted by Gasteiger charge is 2.18. The Balaban J connectivity index is 2.36. The molecule has 1 unspecified atom stereocenters. The molecule has 0 radical (unpaired) electrons. The first-order valence-corrected chi connectivity index (χ1v) is 7.29. The summed E-state index contributed by atoms with van der Waals surface area (Å²) in [5, 5.41) is 0.368. The molecule has 3 rings (SSSR count). The largest absolute Gasteiger partial charge is 0.279 e. The van der Waals surface area contributed by atoms with Gasteiger partial charge in [0.1, 0.15) is 17.2 Å². The van der Waals surface area contributed by atoms with Crippen molar-refractivity contribution in [3.05, 3.63) is 52.1 Å². The molecule has 1 aromatic carbocycles. The predicted octanol–water partition coefficient (Wildman–Crippen LogP) is 5.17. The number of hydrogen-bond acceptors (Lipinski definition) is 2. The molecule has 0 aliphatic carbocycles. The van der Waals surface area contributed by atoms with Crippen LogP contribution in [0.5, 0.6) is 0 Å². The average molecular weight is 345 g/mol. The molecule has 0 saturated carbocycles. The van der Waals surface area contributed by atoms with Crippen molar-refractivity contribution in [2.45, 2.75) is 12.3 Å². The zero-order chi connectivity index (χ0) is 15.1. The summed E-state index contributed by atoms with van der Waals surface area (Å²) in [5.41, 5.74) is 1.65. The highest BCUT2D eigenvalue weighted by atomic mass is 35.5. The van der Waals surface area contributed by atoms with Crippen LogP contribution >= 0.6 is 34.8 Å². The molecule has 0 aliphatic heterocycles. The number of aromatic nitrogens is 3. The summed E-state index contributed by atoms with van der Waals surface area (Å²) < 4.78 is 15.3. The summed E-state index contributed by atoms with van der Waals surface area (Å²) in [6.45, 7) is 1.78. The lowest BCUT2D eigenvalue weighted by Gasteiger charge is -2.10. The summed E-state index contributed by atoms with van der Waals surface area (Å²) in [6.07, 6.45) is 1.51. The molecule has 108 valence electrons. The van der Waals surface area contributed by atoms with Crippen LogP contribution in [-0.4, -0.2) is 14.5 Å². The van der Waals surface area contributed by atoms with Crippen molar-refractivity contribution in [1.82, 2.24) is 14.5 Å². The Morgan fingerprint density at radius 3 is 2.57 bits per heavy atom. The Morgan fingerprint density at radius 1 is 1.14 bits per heavy atom. The molecule has 0 saturated heterocycles. The summed E-state index contributed by atoms with van der Waals surface area (Å²) in [5.74, 6) is 0.101. The molecule has 0 fully saturated rings. The van der Waals surface area contributed by atoms with Gasteiger partial charge in [-0.2, -0.15) is 0 Å². The number of nitrogens with zero attached hydrogens (tertiary/aromatic N) is 3. The third kappa shape index (κ3) is 2.71. The fourth-order valence-electron chi connectivity index (χ4n) is 2.15. The summed E-state index contributed by atoms with van der Waals surface area (Å²) >= 11 is 18.0. The highest BCUT2D eigenvalue weighted by molar-refractivity contribution is 6.31. The fourth-order valence-corrected chi connectivity index (χ4v) is 2.66. The minimum atomic E-state index is -0.443. The van der Waals surface area contributed by atoms with E-state index >= 15 is 0 Å². The topological polar surface area (TPSA) is 30.7 Å². The zero-order valence-corrected chi connectivity index (χ0v) is 13.1. The summed E-state index contributed by atoms with van der Waals surface area (Å²) in [4.78, 5) is 8.69. The molecule has 0 amide bonds. The monoisotopic (exact) mass is 343 g/mol. The summed E-state index contributed by atoms with van der Waals surface area (Å²) in [7, 11) is 0. The van der Waals surface area contributed by atoms with E-state index in [4.69, 9.17) is 34.8 Å². The zero-order valence-electron chi connectivity index (χ0n) is 10.8. The Bertz CT molecular complexity index is 809. The number of rotatable bonds is 2. The number of fused-ring (bicyclic) bond motifs is 1. The van der Waals surface area contributed by atoms with Crippen LogP contribution in [0.4, 0.5) is 4.39 Å². The first-order valence-electron chi connectivity index (χ1n) is 6.10. The number of halogens is 4. The molecule has 2 aromatic heterocycles. The van der Waals surface area contributed by atoms with Crippen LogP contribution in [0.2, 0.25) is 10.0 Å². The van der Waals surface area contributed by atoms with Crippen LogP contribution in [0, 0.1) is 5.82 Å². The number of pyridine rings is 1. The molecule has 0 N–H and O–H groups in total. The normalized spacial score (nSPS) is 12.8. The van der Waals surface area contributed by atoms with Gasteiger partial charge in [0.25, 0.3) is 0 Å². The molecule has 21 heavy (non-hydrogen) atoms. The molecule has 0 aliphatic rings. The van der Waals surface area contributed by atoms with Crippen molar-refractivity contribution < 1.29 is 4.39 Å². The molecule has 0 bridgehead atoms. The third-order valence-corrected chi connectivity index (χ3v) is 3.57. The van der Waals surface area contributed by atoms with Gasteiger partial charge in [-0.1, -0.05) is 23.2 Å². The van der Waals surface area contributed by atoms with Gasteiger partial charge in [0.2, 0.25) is 0 Å². The third-order valence-electron chi connectivity index (χ3n) is 2.95. The molecular formula is C14H9Cl3FN3. The van der Waals surface area contributed by atoms with E-state index in [1.165, 1.54) is 18.3 Å². The second kappa shape index (κ2) is 5.44. The van der Waals surface area contributed by atoms with Gasteiger partial charge in [-0.25, -0.2) is 14.4 Å². The van der Waals surface area contributed by atoms with Crippen molar-refractivity contribution in [2.24, 2.45) is 0 Å². The van der Waals surface area contributed by atoms with Gasteiger partial charge in [-0.3, -0.25) is 4.57 Å². The van der Waals surface area contributed by atoms with Crippen molar-refractivity contribution >= 4 is 46.0 Å². The predicted molar refractivity (Wildman–Crippen MR) is 83.1 cm³/mol. The van der Waals surface area contributed by atoms with Crippen molar-refractivity contribution in [1.29, 1.82) is 0 Å². The maximum Gasteiger partial charge on any atom is 0.164 e. The van der Waals surface area contributed by atoms with Gasteiger partial charge >= 0.3 is 0 Å². The highest BCUT2D eigenvalue weighted by Crippen LogP contribution is 2.29. The molecule has 2 heterocycles. The van der Waals surface area contributed by atoms with Gasteiger partial charge in [0.15, 0.2) is 5.65 Å². The second-order valence-corrected chi connectivity index (χ2v) is 6.07. The van der Waals surface area contributed by atoms with Gasteiger partial charge in [-0.05, 0) is 31.2 Å². The maximum absolute atomic E-state index is 13.6. The number of hydrogen-bond donors (Lipinski definition) is 0. The molecule has 3 aromatic rings. The lowest BCUT2D eigenvalue weighted by Crippen LogP contribution is -2.03. The van der Waals surface area contributed by atoms with Gasteiger partial charge in [0, 0.05) is 11.2 Å². The van der Waals surface area contributed by atoms with E-state index in [0.29, 0.717) is 27.7 Å². The Hall–Kier alpha value is -1.36. The molecular weight excluding hydrogens is 336 g/mol. The lowest BCUT2D eigenvalue weighted by molar-refractivity contribution is 0.626. The van der Waals surface area contributed by atoms with Crippen LogP contribution in [0.3, 0.4) is 0 Å². The smallest absolute Gasteiger partial charge is 0.164 e. The molecule has 3 nitrogen and oxygen atoms in total. The van der Waals surface area contributed by atoms with Crippen LogP contribution in [-0.2, 0) is 0 Å². The Morgan fingerprint density at radius 2 is 1.90 bits per heavy atom. The minimum Gasteiger partial charge on any atom is -0.279 e. The summed E-state index contributed by atoms with van der Waals surface area (Å²) in [6, 6.07) is 5.90. The maximum atomic E-state index is 13.6. The van der Waals surface area contributed by atoms with E-state index in [-0.39, 0.29) is 10.4 Å². The molecule has 1 atom stereocenters. The number of benzene rings is 1. The van der Waals surface area contributed by atoms with E-state index in [0.717, 1.165) is 0 Å². The SMILES string of the molecule is CC(Cl)c1nc2cc(Cl)cnc2n1-c1cc(F)cc(Cl)c1. The van der Waals surface area contributed by atoms with Gasteiger partial charge in [0.05, 0.1) is 16.1 Å². The Kier molecular flexibility index (Phi) is 3.78. The van der Waals surface area contributed by atoms with Crippen LogP contribution in [0.25, 0.3) is 16.9 Å². The van der Waals surface area contributed by atoms with Crippen molar-refractivity contribution in [3.63, 3.8) is 0 Å². The average Bonchev–Trinajstić information content (AvgIpc) is 2.76. The van der Waals surface area contributed by atoms with E-state index in [9.17, 15) is 4.39 Å². The fraction of sp³-hybridized carbons (Fsp3) is 0.143. The first-order chi connectivity index (χ1) is 9.95. The number of alkyl halides is 1. The van der Waals surface area contributed by atoms with Crippen LogP contribution in [0.15, 0.2) is 30.5 Å². The van der Waals surface area contributed by atoms with Crippen LogP contribution in [0.1, 0.15) is 18.1 Å². The molecule has 0 spiro atoms. The second-order valence-electron chi connectivity index (χ2n) is 4.55. The Labute approximate surface area is 135 Å². The quantitative estimate of drug-likeness (QED) is 0.601. The van der Waals surface area contributed by atoms with E-state index in [2.05, 4.69) is 9.97 Å². The van der Waals surface area contributed by atoms with E-state index in [1.54, 1.807) is 23.6 Å².